The number of amides is 3. The zero-order valence-corrected chi connectivity index (χ0v) is 21.7. The first kappa shape index (κ1) is 26.2. The Labute approximate surface area is 217 Å². The van der Waals surface area contributed by atoms with E-state index in [4.69, 9.17) is 0 Å². The van der Waals surface area contributed by atoms with Crippen molar-refractivity contribution in [2.24, 2.45) is 5.92 Å². The van der Waals surface area contributed by atoms with Crippen LogP contribution in [0.4, 0.5) is 5.69 Å². The number of nitrogens with zero attached hydrogens (tertiary/aromatic N) is 3. The SMILES string of the molecule is CC(C)C[C@H](NC(=O)c1ccc(N(C)C)cc1)C(=O)N1CCC2[C@H]1C(=O)CN2C(=O)c1ccc(O)cc1. The Morgan fingerprint density at radius 1 is 1.00 bits per heavy atom. The standard InChI is InChI=1S/C28H34N4O5/c1-17(2)15-22(29-26(35)18-5-9-20(10-6-18)30(3)4)28(37)31-14-13-23-25(31)24(34)16-32(23)27(36)19-7-11-21(33)12-8-19/h5-12,17,22-23,25,33H,13-16H2,1-4H3,(H,29,35)/t22-,23?,25-/m0/s1. The van der Waals surface area contributed by atoms with Gasteiger partial charge in [0.05, 0.1) is 12.6 Å². The van der Waals surface area contributed by atoms with E-state index in [0.717, 1.165) is 5.69 Å². The summed E-state index contributed by atoms with van der Waals surface area (Å²) in [6, 6.07) is 11.1. The molecule has 1 unspecified atom stereocenters. The molecule has 9 nitrogen and oxygen atoms in total. The lowest BCUT2D eigenvalue weighted by Gasteiger charge is -2.29. The van der Waals surface area contributed by atoms with Crippen LogP contribution in [0.2, 0.25) is 0 Å². The molecule has 2 fully saturated rings. The van der Waals surface area contributed by atoms with Crippen molar-refractivity contribution in [2.75, 3.05) is 32.1 Å². The van der Waals surface area contributed by atoms with E-state index in [1.165, 1.54) is 29.2 Å². The van der Waals surface area contributed by atoms with Gasteiger partial charge >= 0.3 is 0 Å². The summed E-state index contributed by atoms with van der Waals surface area (Å²) in [6.45, 7) is 4.22. The number of Topliss-reactive ketones (excluding diaryl/α,β-unsaturated/α-hetero) is 1. The number of nitrogens with one attached hydrogen (secondary N) is 1. The number of hydrogen-bond donors (Lipinski definition) is 2. The Hall–Kier alpha value is -3.88. The van der Waals surface area contributed by atoms with E-state index < -0.39 is 18.1 Å². The third-order valence-electron chi connectivity index (χ3n) is 7.04. The summed E-state index contributed by atoms with van der Waals surface area (Å²) in [4.78, 5) is 57.8. The summed E-state index contributed by atoms with van der Waals surface area (Å²) < 4.78 is 0. The van der Waals surface area contributed by atoms with E-state index in [2.05, 4.69) is 5.32 Å². The molecule has 3 amide bonds. The van der Waals surface area contributed by atoms with E-state index in [1.54, 1.807) is 17.0 Å². The first-order valence-electron chi connectivity index (χ1n) is 12.6. The first-order chi connectivity index (χ1) is 17.6. The summed E-state index contributed by atoms with van der Waals surface area (Å²) in [5, 5.41) is 12.4. The molecule has 9 heteroatoms. The second kappa shape index (κ2) is 10.6. The van der Waals surface area contributed by atoms with Crippen LogP contribution in [0.25, 0.3) is 0 Å². The molecule has 2 aliphatic rings. The Kier molecular flexibility index (Phi) is 7.52. The fourth-order valence-electron chi connectivity index (χ4n) is 5.15. The van der Waals surface area contributed by atoms with Crippen LogP contribution in [0.15, 0.2) is 48.5 Å². The van der Waals surface area contributed by atoms with Gasteiger partial charge < -0.3 is 25.1 Å². The van der Waals surface area contributed by atoms with Gasteiger partial charge in [-0.3, -0.25) is 19.2 Å². The highest BCUT2D eigenvalue weighted by Gasteiger charge is 2.52. The second-order valence-corrected chi connectivity index (χ2v) is 10.4. The van der Waals surface area contributed by atoms with Gasteiger partial charge in [-0.15, -0.1) is 0 Å². The van der Waals surface area contributed by atoms with Crippen LogP contribution in [0, 0.1) is 5.92 Å². The highest BCUT2D eigenvalue weighted by atomic mass is 16.3. The predicted molar refractivity (Wildman–Crippen MR) is 140 cm³/mol. The first-order valence-corrected chi connectivity index (χ1v) is 12.6. The van der Waals surface area contributed by atoms with Crippen LogP contribution in [-0.4, -0.2) is 83.7 Å². The van der Waals surface area contributed by atoms with Gasteiger partial charge in [0.2, 0.25) is 5.91 Å². The normalized spacial score (nSPS) is 19.6. The smallest absolute Gasteiger partial charge is 0.254 e. The number of ketones is 1. The molecule has 2 saturated heterocycles. The van der Waals surface area contributed by atoms with Crippen molar-refractivity contribution in [3.8, 4) is 5.75 Å². The number of aromatic hydroxyl groups is 1. The lowest BCUT2D eigenvalue weighted by Crippen LogP contribution is -2.53. The van der Waals surface area contributed by atoms with E-state index in [1.807, 2.05) is 45.0 Å². The lowest BCUT2D eigenvalue weighted by molar-refractivity contribution is -0.138. The molecular weight excluding hydrogens is 472 g/mol. The fraction of sp³-hybridized carbons (Fsp3) is 0.429. The van der Waals surface area contributed by atoms with Crippen molar-refractivity contribution in [3.05, 3.63) is 59.7 Å². The number of likely N-dealkylation sites (tertiary alicyclic amines) is 2. The number of fused-ring (bicyclic) bond motifs is 1. The molecule has 2 aromatic rings. The largest absolute Gasteiger partial charge is 0.508 e. The number of hydrogen-bond acceptors (Lipinski definition) is 6. The minimum absolute atomic E-state index is 0.0523. The molecule has 0 aliphatic carbocycles. The van der Waals surface area contributed by atoms with Crippen LogP contribution >= 0.6 is 0 Å². The number of carbonyl (C=O) groups is 4. The molecule has 2 N–H and O–H groups in total. The molecule has 0 saturated carbocycles. The molecule has 3 atom stereocenters. The maximum Gasteiger partial charge on any atom is 0.254 e. The van der Waals surface area contributed by atoms with Gasteiger partial charge in [0, 0.05) is 37.5 Å². The quantitative estimate of drug-likeness (QED) is 0.596. The van der Waals surface area contributed by atoms with Gasteiger partial charge in [-0.05, 0) is 67.3 Å². The molecule has 0 radical (unpaired) electrons. The van der Waals surface area contributed by atoms with Crippen LogP contribution in [0.5, 0.6) is 5.75 Å². The molecule has 2 aliphatic heterocycles. The number of phenols is 1. The molecule has 0 spiro atoms. The Bertz CT molecular complexity index is 1180. The Morgan fingerprint density at radius 3 is 2.22 bits per heavy atom. The number of phenolic OH excluding ortho intramolecular Hbond substituents is 1. The molecular formula is C28H34N4O5. The maximum atomic E-state index is 13.7. The van der Waals surface area contributed by atoms with Gasteiger partial charge in [0.25, 0.3) is 11.8 Å². The summed E-state index contributed by atoms with van der Waals surface area (Å²) in [5.41, 5.74) is 1.79. The van der Waals surface area contributed by atoms with Crippen molar-refractivity contribution < 1.29 is 24.3 Å². The van der Waals surface area contributed by atoms with Crippen molar-refractivity contribution in [1.29, 1.82) is 0 Å². The number of benzene rings is 2. The lowest BCUT2D eigenvalue weighted by atomic mass is 10.0. The van der Waals surface area contributed by atoms with Crippen molar-refractivity contribution in [3.63, 3.8) is 0 Å². The molecule has 0 aromatic heterocycles. The van der Waals surface area contributed by atoms with Gasteiger partial charge in [-0.1, -0.05) is 13.8 Å². The van der Waals surface area contributed by atoms with E-state index in [-0.39, 0.29) is 41.7 Å². The van der Waals surface area contributed by atoms with Gasteiger partial charge in [0.15, 0.2) is 5.78 Å². The maximum absolute atomic E-state index is 13.7. The molecule has 2 aromatic carbocycles. The average Bonchev–Trinajstić information content (AvgIpc) is 3.44. The van der Waals surface area contributed by atoms with Crippen LogP contribution < -0.4 is 10.2 Å². The zero-order chi connectivity index (χ0) is 26.9. The molecule has 37 heavy (non-hydrogen) atoms. The zero-order valence-electron chi connectivity index (χ0n) is 21.7. The van der Waals surface area contributed by atoms with Gasteiger partial charge in [0.1, 0.15) is 17.8 Å². The Balaban J connectivity index is 1.49. The monoisotopic (exact) mass is 506 g/mol. The number of rotatable bonds is 7. The highest BCUT2D eigenvalue weighted by Crippen LogP contribution is 2.32. The average molecular weight is 507 g/mol. The van der Waals surface area contributed by atoms with Crippen LogP contribution in [0.1, 0.15) is 47.4 Å². The summed E-state index contributed by atoms with van der Waals surface area (Å²) in [6.07, 6.45) is 0.916. The van der Waals surface area contributed by atoms with Crippen molar-refractivity contribution in [2.45, 2.75) is 44.8 Å². The summed E-state index contributed by atoms with van der Waals surface area (Å²) in [5.74, 6) is -0.944. The topological polar surface area (TPSA) is 110 Å². The van der Waals surface area contributed by atoms with E-state index >= 15 is 0 Å². The third kappa shape index (κ3) is 5.45. The van der Waals surface area contributed by atoms with Crippen molar-refractivity contribution >= 4 is 29.2 Å². The van der Waals surface area contributed by atoms with E-state index in [0.29, 0.717) is 30.5 Å². The van der Waals surface area contributed by atoms with Gasteiger partial charge in [-0.2, -0.15) is 0 Å². The van der Waals surface area contributed by atoms with Gasteiger partial charge in [-0.25, -0.2) is 0 Å². The molecule has 196 valence electrons. The minimum atomic E-state index is -0.783. The minimum Gasteiger partial charge on any atom is -0.508 e. The van der Waals surface area contributed by atoms with E-state index in [9.17, 15) is 24.3 Å². The molecule has 0 bridgehead atoms. The van der Waals surface area contributed by atoms with Crippen LogP contribution in [0.3, 0.4) is 0 Å². The second-order valence-electron chi connectivity index (χ2n) is 10.4. The summed E-state index contributed by atoms with van der Waals surface area (Å²) in [7, 11) is 3.83. The number of anilines is 1. The number of carbonyl (C=O) groups excluding carboxylic acids is 4. The Morgan fingerprint density at radius 2 is 1.62 bits per heavy atom. The summed E-state index contributed by atoms with van der Waals surface area (Å²) >= 11 is 0. The third-order valence-corrected chi connectivity index (χ3v) is 7.04. The predicted octanol–water partition coefficient (Wildman–Crippen LogP) is 2.30. The van der Waals surface area contributed by atoms with Crippen LogP contribution in [-0.2, 0) is 9.59 Å². The van der Waals surface area contributed by atoms with Crippen molar-refractivity contribution in [1.82, 2.24) is 15.1 Å². The molecule has 2 heterocycles. The fourth-order valence-corrected chi connectivity index (χ4v) is 5.15. The highest BCUT2D eigenvalue weighted by molar-refractivity contribution is 6.03. The molecule has 4 rings (SSSR count).